The van der Waals surface area contributed by atoms with Crippen molar-refractivity contribution in [2.24, 2.45) is 0 Å². The molecule has 3 aromatic carbocycles. The molecule has 0 spiro atoms. The Bertz CT molecular complexity index is 726. The van der Waals surface area contributed by atoms with Crippen LogP contribution in [0.15, 0.2) is 47.4 Å². The Kier molecular flexibility index (Phi) is 2.37. The van der Waals surface area contributed by atoms with Crippen molar-refractivity contribution in [3.63, 3.8) is 0 Å². The fourth-order valence-corrected chi connectivity index (χ4v) is 2.68. The van der Waals surface area contributed by atoms with E-state index in [0.29, 0.717) is 0 Å². The predicted molar refractivity (Wildman–Crippen MR) is 78.2 cm³/mol. The van der Waals surface area contributed by atoms with Gasteiger partial charge in [-0.25, -0.2) is 0 Å². The third-order valence-corrected chi connectivity index (χ3v) is 4.07. The topological polar surface area (TPSA) is 0 Å². The lowest BCUT2D eigenvalue weighted by Crippen LogP contribution is -1.86. The molecule has 0 amide bonds. The van der Waals surface area contributed by atoms with Gasteiger partial charge in [-0.1, -0.05) is 30.3 Å². The third-order valence-electron chi connectivity index (χ3n) is 3.49. The molecule has 0 aliphatic rings. The molecule has 0 saturated carbocycles. The average Bonchev–Trinajstić information content (AvgIpc) is 2.34. The van der Waals surface area contributed by atoms with Gasteiger partial charge in [-0.3, -0.25) is 0 Å². The Morgan fingerprint density at radius 2 is 1.47 bits per heavy atom. The largest absolute Gasteiger partial charge is 0.143 e. The molecule has 0 saturated heterocycles. The molecular weight excluding hydrogens is 224 g/mol. The van der Waals surface area contributed by atoms with Crippen LogP contribution in [0.4, 0.5) is 0 Å². The third kappa shape index (κ3) is 1.62. The summed E-state index contributed by atoms with van der Waals surface area (Å²) >= 11 is 4.66. The summed E-state index contributed by atoms with van der Waals surface area (Å²) in [5.74, 6) is 0. The van der Waals surface area contributed by atoms with Crippen LogP contribution in [0.1, 0.15) is 11.1 Å². The van der Waals surface area contributed by atoms with Crippen molar-refractivity contribution in [3.8, 4) is 0 Å². The fraction of sp³-hybridized carbons (Fsp3) is 0.125. The van der Waals surface area contributed by atoms with Crippen molar-refractivity contribution in [1.82, 2.24) is 0 Å². The van der Waals surface area contributed by atoms with Gasteiger partial charge in [0.25, 0.3) is 0 Å². The molecule has 0 nitrogen and oxygen atoms in total. The Balaban J connectivity index is 2.52. The molecule has 1 heteroatoms. The van der Waals surface area contributed by atoms with Crippen molar-refractivity contribution < 1.29 is 0 Å². The molecule has 0 aliphatic carbocycles. The number of hydrogen-bond donors (Lipinski definition) is 1. The first kappa shape index (κ1) is 10.7. The van der Waals surface area contributed by atoms with E-state index in [0.717, 1.165) is 4.90 Å². The van der Waals surface area contributed by atoms with E-state index < -0.39 is 0 Å². The fourth-order valence-electron chi connectivity index (χ4n) is 2.31. The summed E-state index contributed by atoms with van der Waals surface area (Å²) in [7, 11) is 0. The van der Waals surface area contributed by atoms with Crippen LogP contribution >= 0.6 is 12.6 Å². The van der Waals surface area contributed by atoms with E-state index in [2.05, 4.69) is 68.9 Å². The Morgan fingerprint density at radius 1 is 0.824 bits per heavy atom. The highest BCUT2D eigenvalue weighted by molar-refractivity contribution is 7.80. The van der Waals surface area contributed by atoms with Gasteiger partial charge in [-0.05, 0) is 58.7 Å². The second-order valence-corrected chi connectivity index (χ2v) is 5.03. The average molecular weight is 238 g/mol. The van der Waals surface area contributed by atoms with Gasteiger partial charge < -0.3 is 0 Å². The van der Waals surface area contributed by atoms with E-state index in [1.54, 1.807) is 0 Å². The zero-order valence-corrected chi connectivity index (χ0v) is 10.9. The van der Waals surface area contributed by atoms with Gasteiger partial charge in [0.1, 0.15) is 0 Å². The number of aryl methyl sites for hydroxylation is 1. The normalized spacial score (nSPS) is 11.2. The van der Waals surface area contributed by atoms with E-state index in [-0.39, 0.29) is 0 Å². The van der Waals surface area contributed by atoms with Crippen molar-refractivity contribution in [2.75, 3.05) is 0 Å². The molecule has 17 heavy (non-hydrogen) atoms. The SMILES string of the molecule is Cc1cc2cc3ccccc3cc2c(S)c1C. The molecule has 0 heterocycles. The lowest BCUT2D eigenvalue weighted by atomic mass is 9.99. The van der Waals surface area contributed by atoms with E-state index in [1.807, 2.05) is 0 Å². The van der Waals surface area contributed by atoms with Gasteiger partial charge in [-0.15, -0.1) is 12.6 Å². The van der Waals surface area contributed by atoms with Crippen molar-refractivity contribution in [1.29, 1.82) is 0 Å². The van der Waals surface area contributed by atoms with Crippen molar-refractivity contribution >= 4 is 34.2 Å². The van der Waals surface area contributed by atoms with Crippen molar-refractivity contribution in [3.05, 3.63) is 53.6 Å². The summed E-state index contributed by atoms with van der Waals surface area (Å²) in [6.45, 7) is 4.27. The minimum Gasteiger partial charge on any atom is -0.143 e. The second-order valence-electron chi connectivity index (χ2n) is 4.59. The monoisotopic (exact) mass is 238 g/mol. The maximum atomic E-state index is 4.66. The summed E-state index contributed by atoms with van der Waals surface area (Å²) in [6.07, 6.45) is 0. The van der Waals surface area contributed by atoms with Crippen LogP contribution in [0.5, 0.6) is 0 Å². The van der Waals surface area contributed by atoms with Gasteiger partial charge in [-0.2, -0.15) is 0 Å². The Morgan fingerprint density at radius 3 is 2.18 bits per heavy atom. The minimum atomic E-state index is 1.10. The molecule has 0 radical (unpaired) electrons. The maximum absolute atomic E-state index is 4.66. The van der Waals surface area contributed by atoms with Crippen LogP contribution < -0.4 is 0 Å². The molecule has 0 atom stereocenters. The lowest BCUT2D eigenvalue weighted by Gasteiger charge is -2.10. The van der Waals surface area contributed by atoms with Crippen LogP contribution in [0, 0.1) is 13.8 Å². The number of thiol groups is 1. The van der Waals surface area contributed by atoms with E-state index in [9.17, 15) is 0 Å². The van der Waals surface area contributed by atoms with Crippen molar-refractivity contribution in [2.45, 2.75) is 18.7 Å². The molecule has 0 N–H and O–H groups in total. The van der Waals surface area contributed by atoms with Crippen LogP contribution in [0.25, 0.3) is 21.5 Å². The predicted octanol–water partition coefficient (Wildman–Crippen LogP) is 4.90. The second kappa shape index (κ2) is 3.78. The van der Waals surface area contributed by atoms with Gasteiger partial charge in [0.15, 0.2) is 0 Å². The number of fused-ring (bicyclic) bond motifs is 2. The summed E-state index contributed by atoms with van der Waals surface area (Å²) in [5, 5.41) is 5.08. The first-order chi connectivity index (χ1) is 8.16. The van der Waals surface area contributed by atoms with E-state index >= 15 is 0 Å². The highest BCUT2D eigenvalue weighted by atomic mass is 32.1. The molecule has 84 valence electrons. The smallest absolute Gasteiger partial charge is 0.0151 e. The molecule has 3 rings (SSSR count). The molecule has 0 fully saturated rings. The molecule has 0 aliphatic heterocycles. The first-order valence-electron chi connectivity index (χ1n) is 5.78. The zero-order chi connectivity index (χ0) is 12.0. The quantitative estimate of drug-likeness (QED) is 0.418. The van der Waals surface area contributed by atoms with Crippen LogP contribution in [-0.2, 0) is 0 Å². The number of rotatable bonds is 0. The van der Waals surface area contributed by atoms with Crippen LogP contribution in [-0.4, -0.2) is 0 Å². The lowest BCUT2D eigenvalue weighted by molar-refractivity contribution is 1.27. The molecule has 0 aromatic heterocycles. The van der Waals surface area contributed by atoms with E-state index in [4.69, 9.17) is 0 Å². The molecule has 3 aromatic rings. The number of hydrogen-bond acceptors (Lipinski definition) is 1. The number of benzene rings is 3. The Hall–Kier alpha value is -1.47. The van der Waals surface area contributed by atoms with Gasteiger partial charge >= 0.3 is 0 Å². The highest BCUT2D eigenvalue weighted by Gasteiger charge is 2.05. The Labute approximate surface area is 107 Å². The van der Waals surface area contributed by atoms with Gasteiger partial charge in [0, 0.05) is 4.90 Å². The summed E-state index contributed by atoms with van der Waals surface area (Å²) in [6, 6.07) is 15.2. The standard InChI is InChI=1S/C16H14S/c1-10-7-14-8-12-5-3-4-6-13(12)9-15(14)16(17)11(10)2/h3-9,17H,1-2H3. The maximum Gasteiger partial charge on any atom is 0.0151 e. The van der Waals surface area contributed by atoms with Gasteiger partial charge in [0.05, 0.1) is 0 Å². The zero-order valence-electron chi connectivity index (χ0n) is 9.99. The molecule has 0 bridgehead atoms. The van der Waals surface area contributed by atoms with Crippen LogP contribution in [0.3, 0.4) is 0 Å². The van der Waals surface area contributed by atoms with E-state index in [1.165, 1.54) is 32.7 Å². The summed E-state index contributed by atoms with van der Waals surface area (Å²) in [5.41, 5.74) is 2.58. The summed E-state index contributed by atoms with van der Waals surface area (Å²) < 4.78 is 0. The first-order valence-corrected chi connectivity index (χ1v) is 6.23. The van der Waals surface area contributed by atoms with Gasteiger partial charge in [0.2, 0.25) is 0 Å². The molecular formula is C16H14S. The highest BCUT2D eigenvalue weighted by Crippen LogP contribution is 2.31. The molecule has 0 unspecified atom stereocenters. The summed E-state index contributed by atoms with van der Waals surface area (Å²) in [4.78, 5) is 1.10. The van der Waals surface area contributed by atoms with Crippen LogP contribution in [0.2, 0.25) is 0 Å². The minimum absolute atomic E-state index is 1.10.